The molecule has 0 aliphatic rings. The van der Waals surface area contributed by atoms with Crippen molar-refractivity contribution >= 4 is 6.29 Å². The summed E-state index contributed by atoms with van der Waals surface area (Å²) in [6.45, 7) is -0.730. The molecule has 78 valence electrons. The first-order valence-electron chi connectivity index (χ1n) is 3.81. The standard InChI is InChI=1S/C7H14O6/c8-2-1-4(10)6(12)7(13)5(11)3-9/h2,4-7,9-13H,1,3H2/t4-,5-,6+,7+/m1/s1. The van der Waals surface area contributed by atoms with Gasteiger partial charge in [-0.3, -0.25) is 0 Å². The number of hydrogen-bond donors (Lipinski definition) is 5. The van der Waals surface area contributed by atoms with Crippen LogP contribution in [-0.4, -0.2) is 62.8 Å². The quantitative estimate of drug-likeness (QED) is 0.288. The van der Waals surface area contributed by atoms with Crippen LogP contribution in [0.4, 0.5) is 0 Å². The van der Waals surface area contributed by atoms with E-state index in [-0.39, 0.29) is 6.42 Å². The molecule has 0 fully saturated rings. The Morgan fingerprint density at radius 3 is 1.85 bits per heavy atom. The van der Waals surface area contributed by atoms with Crippen molar-refractivity contribution in [3.63, 3.8) is 0 Å². The molecule has 0 aromatic rings. The van der Waals surface area contributed by atoms with E-state index in [4.69, 9.17) is 25.5 Å². The third kappa shape index (κ3) is 3.79. The van der Waals surface area contributed by atoms with E-state index in [0.717, 1.165) is 0 Å². The van der Waals surface area contributed by atoms with Gasteiger partial charge in [-0.2, -0.15) is 0 Å². The Hall–Kier alpha value is -0.530. The average Bonchev–Trinajstić information content (AvgIpc) is 2.14. The molecule has 0 aromatic heterocycles. The second kappa shape index (κ2) is 6.01. The number of aliphatic hydroxyl groups is 5. The molecule has 0 saturated heterocycles. The van der Waals surface area contributed by atoms with Gasteiger partial charge in [0, 0.05) is 6.42 Å². The van der Waals surface area contributed by atoms with Crippen molar-refractivity contribution in [2.24, 2.45) is 0 Å². The highest BCUT2D eigenvalue weighted by Crippen LogP contribution is 2.06. The Kier molecular flexibility index (Phi) is 5.76. The molecule has 0 bridgehead atoms. The maximum Gasteiger partial charge on any atom is 0.122 e. The lowest BCUT2D eigenvalue weighted by molar-refractivity contribution is -0.125. The van der Waals surface area contributed by atoms with Crippen molar-refractivity contribution in [3.8, 4) is 0 Å². The number of carbonyl (C=O) groups is 1. The van der Waals surface area contributed by atoms with Gasteiger partial charge in [0.15, 0.2) is 0 Å². The van der Waals surface area contributed by atoms with E-state index in [1.807, 2.05) is 0 Å². The Labute approximate surface area is 75.1 Å². The molecule has 0 saturated carbocycles. The molecule has 0 radical (unpaired) electrons. The summed E-state index contributed by atoms with van der Waals surface area (Å²) in [7, 11) is 0. The minimum absolute atomic E-state index is 0.337. The summed E-state index contributed by atoms with van der Waals surface area (Å²) < 4.78 is 0. The Bertz CT molecular complexity index is 150. The first kappa shape index (κ1) is 12.5. The zero-order valence-electron chi connectivity index (χ0n) is 6.95. The summed E-state index contributed by atoms with van der Waals surface area (Å²) in [5, 5.41) is 44.4. The van der Waals surface area contributed by atoms with Gasteiger partial charge in [0.2, 0.25) is 0 Å². The molecule has 0 rings (SSSR count). The van der Waals surface area contributed by atoms with Crippen molar-refractivity contribution in [2.45, 2.75) is 30.8 Å². The molecule has 6 nitrogen and oxygen atoms in total. The van der Waals surface area contributed by atoms with E-state index in [0.29, 0.717) is 6.29 Å². The third-order valence-corrected chi connectivity index (χ3v) is 1.66. The number of aliphatic hydroxyl groups excluding tert-OH is 5. The lowest BCUT2D eigenvalue weighted by Crippen LogP contribution is -2.45. The van der Waals surface area contributed by atoms with Crippen molar-refractivity contribution in [1.82, 2.24) is 0 Å². The fraction of sp³-hybridized carbons (Fsp3) is 0.857. The van der Waals surface area contributed by atoms with E-state index in [1.165, 1.54) is 0 Å². The fourth-order valence-electron chi connectivity index (χ4n) is 0.801. The minimum Gasteiger partial charge on any atom is -0.394 e. The summed E-state index contributed by atoms with van der Waals surface area (Å²) in [4.78, 5) is 9.92. The smallest absolute Gasteiger partial charge is 0.122 e. The summed E-state index contributed by atoms with van der Waals surface area (Å²) in [5.41, 5.74) is 0. The van der Waals surface area contributed by atoms with Crippen molar-refractivity contribution in [2.75, 3.05) is 6.61 Å². The predicted octanol–water partition coefficient (Wildman–Crippen LogP) is -2.99. The Balaban J connectivity index is 4.06. The molecule has 0 amide bonds. The molecule has 13 heavy (non-hydrogen) atoms. The SMILES string of the molecule is O=CC[C@@H](O)[C@H](O)[C@@H](O)[C@H](O)CO. The molecule has 6 heteroatoms. The van der Waals surface area contributed by atoms with Crippen LogP contribution in [0, 0.1) is 0 Å². The summed E-state index contributed by atoms with van der Waals surface area (Å²) in [5.74, 6) is 0. The van der Waals surface area contributed by atoms with Gasteiger partial charge in [-0.1, -0.05) is 0 Å². The second-order valence-corrected chi connectivity index (χ2v) is 2.70. The summed E-state index contributed by atoms with van der Waals surface area (Å²) in [6, 6.07) is 0. The zero-order valence-corrected chi connectivity index (χ0v) is 6.95. The van der Waals surface area contributed by atoms with Crippen molar-refractivity contribution < 1.29 is 30.3 Å². The van der Waals surface area contributed by atoms with Crippen LogP contribution < -0.4 is 0 Å². The van der Waals surface area contributed by atoms with E-state index in [9.17, 15) is 4.79 Å². The van der Waals surface area contributed by atoms with Gasteiger partial charge < -0.3 is 30.3 Å². The topological polar surface area (TPSA) is 118 Å². The summed E-state index contributed by atoms with van der Waals surface area (Å²) in [6.07, 6.45) is -6.24. The van der Waals surface area contributed by atoms with Crippen LogP contribution in [0.25, 0.3) is 0 Å². The molecule has 0 heterocycles. The molecule has 5 N–H and O–H groups in total. The van der Waals surface area contributed by atoms with Gasteiger partial charge in [-0.25, -0.2) is 0 Å². The van der Waals surface area contributed by atoms with Crippen LogP contribution in [0.5, 0.6) is 0 Å². The Morgan fingerprint density at radius 1 is 1.00 bits per heavy atom. The van der Waals surface area contributed by atoms with Gasteiger partial charge in [-0.05, 0) is 0 Å². The maximum atomic E-state index is 9.92. The van der Waals surface area contributed by atoms with E-state index < -0.39 is 31.0 Å². The molecule has 0 aliphatic carbocycles. The van der Waals surface area contributed by atoms with Gasteiger partial charge in [0.25, 0.3) is 0 Å². The number of rotatable bonds is 6. The van der Waals surface area contributed by atoms with Crippen molar-refractivity contribution in [1.29, 1.82) is 0 Å². The van der Waals surface area contributed by atoms with Gasteiger partial charge in [0.1, 0.15) is 24.6 Å². The second-order valence-electron chi connectivity index (χ2n) is 2.70. The van der Waals surface area contributed by atoms with Gasteiger partial charge >= 0.3 is 0 Å². The van der Waals surface area contributed by atoms with E-state index in [1.54, 1.807) is 0 Å². The lowest BCUT2D eigenvalue weighted by atomic mass is 10.0. The molecule has 0 aromatic carbocycles. The van der Waals surface area contributed by atoms with Crippen LogP contribution in [0.2, 0.25) is 0 Å². The fourth-order valence-corrected chi connectivity index (χ4v) is 0.801. The molecule has 0 unspecified atom stereocenters. The minimum atomic E-state index is -1.67. The van der Waals surface area contributed by atoms with E-state index in [2.05, 4.69) is 0 Å². The largest absolute Gasteiger partial charge is 0.394 e. The monoisotopic (exact) mass is 194 g/mol. The molecule has 4 atom stereocenters. The summed E-state index contributed by atoms with van der Waals surface area (Å²) >= 11 is 0. The number of carbonyl (C=O) groups excluding carboxylic acids is 1. The van der Waals surface area contributed by atoms with E-state index >= 15 is 0 Å². The molecular weight excluding hydrogens is 180 g/mol. The lowest BCUT2D eigenvalue weighted by Gasteiger charge is -2.24. The van der Waals surface area contributed by atoms with Crippen LogP contribution in [0.3, 0.4) is 0 Å². The highest BCUT2D eigenvalue weighted by Gasteiger charge is 2.29. The highest BCUT2D eigenvalue weighted by molar-refractivity contribution is 5.50. The van der Waals surface area contributed by atoms with Crippen molar-refractivity contribution in [3.05, 3.63) is 0 Å². The first-order chi connectivity index (χ1) is 6.04. The first-order valence-corrected chi connectivity index (χ1v) is 3.81. The third-order valence-electron chi connectivity index (χ3n) is 1.66. The van der Waals surface area contributed by atoms with Crippen LogP contribution in [0.15, 0.2) is 0 Å². The normalized spacial score (nSPS) is 20.4. The maximum absolute atomic E-state index is 9.92. The van der Waals surface area contributed by atoms with Crippen LogP contribution >= 0.6 is 0 Å². The number of aldehydes is 1. The molecular formula is C7H14O6. The van der Waals surface area contributed by atoms with Crippen LogP contribution in [-0.2, 0) is 4.79 Å². The highest BCUT2D eigenvalue weighted by atomic mass is 16.4. The Morgan fingerprint density at radius 2 is 1.46 bits per heavy atom. The number of hydrogen-bond acceptors (Lipinski definition) is 6. The van der Waals surface area contributed by atoms with Crippen LogP contribution in [0.1, 0.15) is 6.42 Å². The average molecular weight is 194 g/mol. The van der Waals surface area contributed by atoms with Gasteiger partial charge in [0.05, 0.1) is 12.7 Å². The predicted molar refractivity (Wildman–Crippen MR) is 41.8 cm³/mol. The molecule has 0 aliphatic heterocycles. The zero-order chi connectivity index (χ0) is 10.4. The van der Waals surface area contributed by atoms with Gasteiger partial charge in [-0.15, -0.1) is 0 Å². The molecule has 0 spiro atoms.